The lowest BCUT2D eigenvalue weighted by atomic mass is 9.58. The molecule has 0 amide bonds. The second-order valence-corrected chi connectivity index (χ2v) is 5.95. The molecule has 0 aliphatic heterocycles. The Morgan fingerprint density at radius 3 is 2.32 bits per heavy atom. The molecule has 2 aliphatic rings. The van der Waals surface area contributed by atoms with Crippen molar-refractivity contribution < 1.29 is 14.2 Å². The van der Waals surface area contributed by atoms with Gasteiger partial charge < -0.3 is 19.9 Å². The number of nitrogens with two attached hydrogens (primary N) is 1. The summed E-state index contributed by atoms with van der Waals surface area (Å²) in [6, 6.07) is 0.352. The molecule has 0 radical (unpaired) electrons. The molecule has 2 N–H and O–H groups in total. The molecule has 112 valence electrons. The van der Waals surface area contributed by atoms with Crippen molar-refractivity contribution in [2.45, 2.75) is 57.1 Å². The number of rotatable bonds is 7. The fourth-order valence-corrected chi connectivity index (χ4v) is 3.59. The van der Waals surface area contributed by atoms with Crippen molar-refractivity contribution in [3.63, 3.8) is 0 Å². The quantitative estimate of drug-likeness (QED) is 0.721. The average Bonchev–Trinajstić information content (AvgIpc) is 2.69. The molecule has 19 heavy (non-hydrogen) atoms. The molecule has 0 aromatic heterocycles. The van der Waals surface area contributed by atoms with Gasteiger partial charge in [-0.15, -0.1) is 0 Å². The van der Waals surface area contributed by atoms with Gasteiger partial charge in [0.05, 0.1) is 32.5 Å². The molecule has 0 aromatic carbocycles. The third kappa shape index (κ3) is 3.69. The van der Waals surface area contributed by atoms with Crippen molar-refractivity contribution >= 4 is 0 Å². The van der Waals surface area contributed by atoms with Gasteiger partial charge in [-0.3, -0.25) is 0 Å². The highest BCUT2D eigenvalue weighted by molar-refractivity contribution is 5.06. The molecule has 0 saturated heterocycles. The molecule has 2 atom stereocenters. The van der Waals surface area contributed by atoms with E-state index in [2.05, 4.69) is 0 Å². The summed E-state index contributed by atoms with van der Waals surface area (Å²) in [5.41, 5.74) is 6.57. The molecule has 2 fully saturated rings. The van der Waals surface area contributed by atoms with E-state index in [9.17, 15) is 0 Å². The predicted molar refractivity (Wildman–Crippen MR) is 75.2 cm³/mol. The van der Waals surface area contributed by atoms with Gasteiger partial charge in [-0.1, -0.05) is 25.7 Å². The first-order chi connectivity index (χ1) is 9.29. The summed E-state index contributed by atoms with van der Waals surface area (Å²) in [4.78, 5) is 0. The van der Waals surface area contributed by atoms with E-state index in [1.807, 2.05) is 0 Å². The zero-order valence-corrected chi connectivity index (χ0v) is 12.2. The van der Waals surface area contributed by atoms with Crippen LogP contribution >= 0.6 is 0 Å². The van der Waals surface area contributed by atoms with Crippen molar-refractivity contribution in [2.24, 2.45) is 11.1 Å². The van der Waals surface area contributed by atoms with Crippen LogP contribution in [0.5, 0.6) is 0 Å². The fraction of sp³-hybridized carbons (Fsp3) is 1.00. The van der Waals surface area contributed by atoms with Gasteiger partial charge in [0.25, 0.3) is 0 Å². The zero-order valence-electron chi connectivity index (χ0n) is 12.2. The van der Waals surface area contributed by atoms with Gasteiger partial charge in [-0.05, 0) is 19.3 Å². The molecule has 2 rings (SSSR count). The van der Waals surface area contributed by atoms with Gasteiger partial charge in [-0.25, -0.2) is 0 Å². The number of hydrogen-bond acceptors (Lipinski definition) is 4. The van der Waals surface area contributed by atoms with Crippen molar-refractivity contribution in [3.8, 4) is 0 Å². The number of hydrogen-bond donors (Lipinski definition) is 1. The highest BCUT2D eigenvalue weighted by Crippen LogP contribution is 2.51. The lowest BCUT2D eigenvalue weighted by Crippen LogP contribution is -2.62. The summed E-state index contributed by atoms with van der Waals surface area (Å²) >= 11 is 0. The summed E-state index contributed by atoms with van der Waals surface area (Å²) in [6.45, 7) is 2.64. The topological polar surface area (TPSA) is 53.7 Å². The Morgan fingerprint density at radius 1 is 1.00 bits per heavy atom. The van der Waals surface area contributed by atoms with Crippen molar-refractivity contribution in [2.75, 3.05) is 33.5 Å². The first-order valence-corrected chi connectivity index (χ1v) is 7.73. The number of methoxy groups -OCH3 is 1. The van der Waals surface area contributed by atoms with E-state index in [0.717, 1.165) is 6.42 Å². The van der Waals surface area contributed by atoms with E-state index in [1.165, 1.54) is 38.5 Å². The summed E-state index contributed by atoms with van der Waals surface area (Å²) in [5.74, 6) is 0. The minimum absolute atomic E-state index is 0.281. The summed E-state index contributed by atoms with van der Waals surface area (Å²) in [7, 11) is 1.69. The molecule has 4 nitrogen and oxygen atoms in total. The molecule has 2 unspecified atom stereocenters. The van der Waals surface area contributed by atoms with E-state index in [0.29, 0.717) is 38.6 Å². The van der Waals surface area contributed by atoms with Crippen LogP contribution in [0.2, 0.25) is 0 Å². The summed E-state index contributed by atoms with van der Waals surface area (Å²) in [5, 5.41) is 0. The third-order valence-electron chi connectivity index (χ3n) is 4.86. The van der Waals surface area contributed by atoms with Crippen LogP contribution in [-0.2, 0) is 14.2 Å². The lowest BCUT2D eigenvalue weighted by Gasteiger charge is -2.54. The van der Waals surface area contributed by atoms with Crippen molar-refractivity contribution in [1.29, 1.82) is 0 Å². The van der Waals surface area contributed by atoms with Gasteiger partial charge in [0, 0.05) is 18.6 Å². The molecule has 1 spiro atoms. The van der Waals surface area contributed by atoms with E-state index < -0.39 is 0 Å². The first-order valence-electron chi connectivity index (χ1n) is 7.73. The monoisotopic (exact) mass is 271 g/mol. The second-order valence-electron chi connectivity index (χ2n) is 5.95. The maximum atomic E-state index is 6.29. The van der Waals surface area contributed by atoms with Crippen LogP contribution in [0, 0.1) is 5.41 Å². The van der Waals surface area contributed by atoms with E-state index >= 15 is 0 Å². The fourth-order valence-electron chi connectivity index (χ4n) is 3.59. The largest absolute Gasteiger partial charge is 0.382 e. The minimum Gasteiger partial charge on any atom is -0.382 e. The van der Waals surface area contributed by atoms with Crippen LogP contribution in [0.15, 0.2) is 0 Å². The summed E-state index contributed by atoms with van der Waals surface area (Å²) in [6.07, 6.45) is 9.26. The van der Waals surface area contributed by atoms with Crippen LogP contribution in [0.1, 0.15) is 44.9 Å². The maximum Gasteiger partial charge on any atom is 0.0704 e. The molecule has 0 aromatic rings. The Kier molecular flexibility index (Phi) is 6.07. The first kappa shape index (κ1) is 15.2. The lowest BCUT2D eigenvalue weighted by molar-refractivity contribution is -0.142. The highest BCUT2D eigenvalue weighted by atomic mass is 16.5. The standard InChI is InChI=1S/C15H29NO3/c1-17-8-9-18-10-11-19-14-12-13(16)15(14)6-4-2-3-5-7-15/h13-14H,2-12,16H2,1H3. The molecule has 2 aliphatic carbocycles. The maximum absolute atomic E-state index is 6.29. The van der Waals surface area contributed by atoms with Crippen LogP contribution in [-0.4, -0.2) is 45.7 Å². The molecule has 2 saturated carbocycles. The third-order valence-corrected chi connectivity index (χ3v) is 4.86. The normalized spacial score (nSPS) is 30.0. The zero-order chi connectivity index (χ0) is 13.6. The average molecular weight is 271 g/mol. The Balaban J connectivity index is 1.68. The molecular weight excluding hydrogens is 242 g/mol. The molecule has 4 heteroatoms. The van der Waals surface area contributed by atoms with Crippen LogP contribution in [0.4, 0.5) is 0 Å². The van der Waals surface area contributed by atoms with Crippen LogP contribution in [0.3, 0.4) is 0 Å². The Bertz CT molecular complexity index is 252. The predicted octanol–water partition coefficient (Wildman–Crippen LogP) is 2.11. The van der Waals surface area contributed by atoms with E-state index in [4.69, 9.17) is 19.9 Å². The van der Waals surface area contributed by atoms with Gasteiger partial charge >= 0.3 is 0 Å². The second kappa shape index (κ2) is 7.58. The smallest absolute Gasteiger partial charge is 0.0704 e. The summed E-state index contributed by atoms with van der Waals surface area (Å²) < 4.78 is 16.4. The van der Waals surface area contributed by atoms with Crippen molar-refractivity contribution in [1.82, 2.24) is 0 Å². The molecule has 0 bridgehead atoms. The van der Waals surface area contributed by atoms with Gasteiger partial charge in [0.15, 0.2) is 0 Å². The van der Waals surface area contributed by atoms with Crippen LogP contribution < -0.4 is 5.73 Å². The highest BCUT2D eigenvalue weighted by Gasteiger charge is 2.53. The van der Waals surface area contributed by atoms with Gasteiger partial charge in [0.2, 0.25) is 0 Å². The Labute approximate surface area is 117 Å². The van der Waals surface area contributed by atoms with Crippen LogP contribution in [0.25, 0.3) is 0 Å². The Morgan fingerprint density at radius 2 is 1.68 bits per heavy atom. The van der Waals surface area contributed by atoms with Gasteiger partial charge in [0.1, 0.15) is 0 Å². The minimum atomic E-state index is 0.281. The molecular formula is C15H29NO3. The SMILES string of the molecule is COCCOCCOC1CC(N)C12CCCCCC2. The van der Waals surface area contributed by atoms with E-state index in [1.54, 1.807) is 7.11 Å². The van der Waals surface area contributed by atoms with E-state index in [-0.39, 0.29) is 5.41 Å². The number of ether oxygens (including phenoxy) is 3. The van der Waals surface area contributed by atoms with Gasteiger partial charge in [-0.2, -0.15) is 0 Å². The molecule has 0 heterocycles. The Hall–Kier alpha value is -0.160. The van der Waals surface area contributed by atoms with Crippen molar-refractivity contribution in [3.05, 3.63) is 0 Å².